The van der Waals surface area contributed by atoms with Gasteiger partial charge in [-0.2, -0.15) is 0 Å². The van der Waals surface area contributed by atoms with Crippen molar-refractivity contribution in [2.24, 2.45) is 0 Å². The highest BCUT2D eigenvalue weighted by molar-refractivity contribution is 6.71. The van der Waals surface area contributed by atoms with Crippen LogP contribution >= 0.6 is 0 Å². The van der Waals surface area contributed by atoms with Gasteiger partial charge in [0.2, 0.25) is 0 Å². The molecule has 0 saturated carbocycles. The molecule has 0 N–H and O–H groups in total. The van der Waals surface area contributed by atoms with Crippen LogP contribution in [-0.4, -0.2) is 25.4 Å². The van der Waals surface area contributed by atoms with E-state index < -0.39 is 14.1 Å². The summed E-state index contributed by atoms with van der Waals surface area (Å²) in [5, 5.41) is 0. The summed E-state index contributed by atoms with van der Waals surface area (Å²) in [5.74, 6) is 4.74. The zero-order chi connectivity index (χ0) is 16.3. The number of hydrogen-bond acceptors (Lipinski definition) is 2. The lowest BCUT2D eigenvalue weighted by Gasteiger charge is -2.24. The van der Waals surface area contributed by atoms with Gasteiger partial charge in [0.1, 0.15) is 0 Å². The molecule has 1 aromatic carbocycles. The van der Waals surface area contributed by atoms with E-state index in [0.29, 0.717) is 13.2 Å². The van der Waals surface area contributed by atoms with Gasteiger partial charge in [-0.15, -0.1) is 16.0 Å². The van der Waals surface area contributed by atoms with Crippen molar-refractivity contribution in [2.45, 2.75) is 77.5 Å². The molecule has 0 unspecified atom stereocenters. The Morgan fingerprint density at radius 1 is 0.810 bits per heavy atom. The summed E-state index contributed by atoms with van der Waals surface area (Å²) in [6, 6.07) is 6.53. The lowest BCUT2D eigenvalue weighted by molar-refractivity contribution is -0.0164. The SMILES string of the molecule is [CH3][Al]([CH3])[c]1c(COC(C)(C)C)cccc1COC(C)(C)C. The predicted octanol–water partition coefficient (Wildman–Crippen LogP) is 4.28. The van der Waals surface area contributed by atoms with Crippen LogP contribution in [0.3, 0.4) is 0 Å². The molecule has 0 bridgehead atoms. The highest BCUT2D eigenvalue weighted by Crippen LogP contribution is 2.15. The Kier molecular flexibility index (Phi) is 6.50. The van der Waals surface area contributed by atoms with Crippen molar-refractivity contribution in [3.05, 3.63) is 29.3 Å². The first-order valence-corrected chi connectivity index (χ1v) is 10.8. The van der Waals surface area contributed by atoms with E-state index in [2.05, 4.69) is 71.3 Å². The molecule has 0 amide bonds. The largest absolute Gasteiger partial charge is 0.371 e. The fourth-order valence-corrected chi connectivity index (χ4v) is 4.09. The molecule has 0 aliphatic heterocycles. The zero-order valence-corrected chi connectivity index (χ0v) is 16.2. The number of hydrogen-bond donors (Lipinski definition) is 0. The third kappa shape index (κ3) is 6.98. The van der Waals surface area contributed by atoms with Crippen LogP contribution in [0.15, 0.2) is 18.2 Å². The first-order valence-electron chi connectivity index (χ1n) is 7.88. The summed E-state index contributed by atoms with van der Waals surface area (Å²) in [6.45, 7) is 14.0. The summed E-state index contributed by atoms with van der Waals surface area (Å²) in [4.78, 5) is 0. The minimum atomic E-state index is -0.939. The van der Waals surface area contributed by atoms with E-state index in [0.717, 1.165) is 0 Å². The van der Waals surface area contributed by atoms with E-state index in [4.69, 9.17) is 9.47 Å². The second-order valence-corrected chi connectivity index (χ2v) is 10.8. The Morgan fingerprint density at radius 2 is 1.19 bits per heavy atom. The fourth-order valence-electron chi connectivity index (χ4n) is 2.25. The Balaban J connectivity index is 2.98. The molecule has 21 heavy (non-hydrogen) atoms. The molecule has 1 rings (SSSR count). The van der Waals surface area contributed by atoms with Gasteiger partial charge in [-0.25, -0.2) is 0 Å². The van der Waals surface area contributed by atoms with Gasteiger partial charge in [-0.05, 0) is 52.7 Å². The van der Waals surface area contributed by atoms with Crippen molar-refractivity contribution in [1.82, 2.24) is 0 Å². The Bertz CT molecular complexity index is 417. The number of rotatable bonds is 5. The van der Waals surface area contributed by atoms with Gasteiger partial charge in [-0.1, -0.05) is 18.2 Å². The van der Waals surface area contributed by atoms with E-state index in [-0.39, 0.29) is 11.2 Å². The molecule has 0 aromatic heterocycles. The third-order valence-corrected chi connectivity index (χ3v) is 5.08. The average Bonchev–Trinajstić information content (AvgIpc) is 2.31. The second-order valence-electron chi connectivity index (χ2n) is 7.95. The van der Waals surface area contributed by atoms with Crippen LogP contribution in [-0.2, 0) is 22.7 Å². The molecule has 3 heteroatoms. The van der Waals surface area contributed by atoms with E-state index in [1.165, 1.54) is 15.6 Å². The van der Waals surface area contributed by atoms with Crippen molar-refractivity contribution < 1.29 is 9.47 Å². The fraction of sp³-hybridized carbons (Fsp3) is 0.667. The minimum absolute atomic E-state index is 0.103. The summed E-state index contributed by atoms with van der Waals surface area (Å²) in [7, 11) is 0. The summed E-state index contributed by atoms with van der Waals surface area (Å²) in [6.07, 6.45) is 0. The summed E-state index contributed by atoms with van der Waals surface area (Å²) < 4.78 is 13.5. The second kappa shape index (κ2) is 7.29. The minimum Gasteiger partial charge on any atom is -0.371 e. The first kappa shape index (κ1) is 18.7. The molecule has 0 saturated heterocycles. The maximum atomic E-state index is 5.99. The predicted molar refractivity (Wildman–Crippen MR) is 92.6 cm³/mol. The topological polar surface area (TPSA) is 18.5 Å². The van der Waals surface area contributed by atoms with Crippen LogP contribution in [0.5, 0.6) is 0 Å². The third-order valence-electron chi connectivity index (χ3n) is 3.19. The van der Waals surface area contributed by atoms with Gasteiger partial charge in [-0.3, -0.25) is 0 Å². The molecule has 0 spiro atoms. The average molecular weight is 306 g/mol. The quantitative estimate of drug-likeness (QED) is 0.756. The van der Waals surface area contributed by atoms with Gasteiger partial charge in [0, 0.05) is 0 Å². The summed E-state index contributed by atoms with van der Waals surface area (Å²) in [5.41, 5.74) is 2.46. The van der Waals surface area contributed by atoms with Crippen molar-refractivity contribution in [3.63, 3.8) is 0 Å². The molecule has 0 heterocycles. The van der Waals surface area contributed by atoms with Crippen LogP contribution < -0.4 is 4.43 Å². The molecule has 0 aliphatic rings. The monoisotopic (exact) mass is 306 g/mol. The highest BCUT2D eigenvalue weighted by atomic mass is 27.2. The zero-order valence-electron chi connectivity index (χ0n) is 15.0. The molecular weight excluding hydrogens is 275 g/mol. The van der Waals surface area contributed by atoms with Crippen LogP contribution in [0.4, 0.5) is 0 Å². The van der Waals surface area contributed by atoms with Crippen LogP contribution in [0, 0.1) is 0 Å². The van der Waals surface area contributed by atoms with Gasteiger partial charge >= 0.3 is 14.1 Å². The van der Waals surface area contributed by atoms with Crippen molar-refractivity contribution >= 4 is 18.6 Å². The molecular formula is C18H31AlO2. The maximum absolute atomic E-state index is 5.99. The van der Waals surface area contributed by atoms with Crippen molar-refractivity contribution in [2.75, 3.05) is 0 Å². The first-order chi connectivity index (χ1) is 9.49. The summed E-state index contributed by atoms with van der Waals surface area (Å²) >= 11 is -0.939. The van der Waals surface area contributed by atoms with Gasteiger partial charge in [0.25, 0.3) is 0 Å². The molecule has 2 nitrogen and oxygen atoms in total. The normalized spacial score (nSPS) is 12.6. The Morgan fingerprint density at radius 3 is 1.48 bits per heavy atom. The van der Waals surface area contributed by atoms with Crippen molar-refractivity contribution in [3.8, 4) is 0 Å². The van der Waals surface area contributed by atoms with Gasteiger partial charge in [0.05, 0.1) is 24.4 Å². The van der Waals surface area contributed by atoms with E-state index in [9.17, 15) is 0 Å². The highest BCUT2D eigenvalue weighted by Gasteiger charge is 2.19. The Labute approximate surface area is 135 Å². The number of benzene rings is 1. The molecule has 118 valence electrons. The lowest BCUT2D eigenvalue weighted by atomic mass is 10.1. The van der Waals surface area contributed by atoms with E-state index >= 15 is 0 Å². The van der Waals surface area contributed by atoms with E-state index in [1.807, 2.05) is 0 Å². The van der Waals surface area contributed by atoms with Gasteiger partial charge in [0.15, 0.2) is 0 Å². The molecule has 0 radical (unpaired) electrons. The van der Waals surface area contributed by atoms with Gasteiger partial charge < -0.3 is 9.47 Å². The smallest absolute Gasteiger partial charge is 0.300 e. The van der Waals surface area contributed by atoms with Crippen LogP contribution in [0.25, 0.3) is 0 Å². The molecule has 1 aromatic rings. The van der Waals surface area contributed by atoms with Crippen LogP contribution in [0.2, 0.25) is 11.6 Å². The van der Waals surface area contributed by atoms with Crippen molar-refractivity contribution in [1.29, 1.82) is 0 Å². The van der Waals surface area contributed by atoms with Crippen LogP contribution in [0.1, 0.15) is 52.7 Å². The molecule has 0 aliphatic carbocycles. The maximum Gasteiger partial charge on any atom is 0.300 e. The number of ether oxygens (including phenoxy) is 2. The lowest BCUT2D eigenvalue weighted by Crippen LogP contribution is -2.33. The molecule has 0 fully saturated rings. The Hall–Kier alpha value is -0.328. The molecule has 0 atom stereocenters. The standard InChI is InChI=1S/C16H25O2.2CH3.Al/c1-15(2,3)17-11-13-8-7-9-14(10-13)12-18-16(4,5)6;;;/h7-9H,11-12H2,1-6H3;2*1H3;. The van der Waals surface area contributed by atoms with E-state index in [1.54, 1.807) is 0 Å².